The summed E-state index contributed by atoms with van der Waals surface area (Å²) in [5, 5.41) is 2.63. The van der Waals surface area contributed by atoms with Crippen molar-refractivity contribution in [2.75, 3.05) is 32.7 Å². The Hall–Kier alpha value is -2.13. The molecule has 31 heavy (non-hydrogen) atoms. The highest BCUT2D eigenvalue weighted by atomic mass is 32.2. The second kappa shape index (κ2) is 10.5. The molecule has 1 heterocycles. The van der Waals surface area contributed by atoms with E-state index < -0.39 is 21.7 Å². The van der Waals surface area contributed by atoms with E-state index in [2.05, 4.69) is 19.2 Å². The summed E-state index contributed by atoms with van der Waals surface area (Å²) in [5.74, 6) is 0.301. The lowest BCUT2D eigenvalue weighted by atomic mass is 10.0. The minimum absolute atomic E-state index is 0.0377. The van der Waals surface area contributed by atoms with E-state index in [0.29, 0.717) is 38.4 Å². The molecule has 174 valence electrons. The van der Waals surface area contributed by atoms with Crippen LogP contribution in [0.25, 0.3) is 0 Å². The van der Waals surface area contributed by atoms with Gasteiger partial charge in [-0.25, -0.2) is 13.2 Å². The van der Waals surface area contributed by atoms with Crippen molar-refractivity contribution in [2.45, 2.75) is 63.9 Å². The molecule has 1 aromatic carbocycles. The highest BCUT2D eigenvalue weighted by Crippen LogP contribution is 2.21. The molecule has 0 aromatic heterocycles. The normalized spacial score (nSPS) is 15.7. The second-order valence-corrected chi connectivity index (χ2v) is 11.0. The molecule has 1 fully saturated rings. The van der Waals surface area contributed by atoms with Gasteiger partial charge < -0.3 is 15.0 Å². The average Bonchev–Trinajstić information content (AvgIpc) is 2.70. The fraction of sp³-hybridized carbons (Fsp3) is 0.636. The fourth-order valence-corrected chi connectivity index (χ4v) is 4.68. The molecule has 1 aliphatic rings. The first-order chi connectivity index (χ1) is 14.4. The molecule has 2 amide bonds. The zero-order valence-electron chi connectivity index (χ0n) is 19.2. The molecule has 0 saturated carbocycles. The summed E-state index contributed by atoms with van der Waals surface area (Å²) >= 11 is 0. The predicted molar refractivity (Wildman–Crippen MR) is 119 cm³/mol. The number of hydrogen-bond donors (Lipinski definition) is 1. The summed E-state index contributed by atoms with van der Waals surface area (Å²) in [5.41, 5.74) is 0.534. The van der Waals surface area contributed by atoms with Crippen molar-refractivity contribution in [1.29, 1.82) is 0 Å². The van der Waals surface area contributed by atoms with Crippen molar-refractivity contribution in [3.05, 3.63) is 29.8 Å². The summed E-state index contributed by atoms with van der Waals surface area (Å²) < 4.78 is 32.4. The third-order valence-corrected chi connectivity index (χ3v) is 6.92. The van der Waals surface area contributed by atoms with Gasteiger partial charge in [-0.05, 0) is 50.8 Å². The number of rotatable bonds is 7. The van der Waals surface area contributed by atoms with E-state index >= 15 is 0 Å². The minimum atomic E-state index is -3.57. The van der Waals surface area contributed by atoms with Crippen LogP contribution in [0, 0.1) is 0 Å². The third kappa shape index (κ3) is 7.50. The fourth-order valence-electron chi connectivity index (χ4n) is 3.25. The first-order valence-electron chi connectivity index (χ1n) is 10.7. The van der Waals surface area contributed by atoms with Crippen molar-refractivity contribution in [3.63, 3.8) is 0 Å². The molecule has 9 heteroatoms. The number of carbonyl (C=O) groups is 2. The van der Waals surface area contributed by atoms with Gasteiger partial charge in [0.2, 0.25) is 15.9 Å². The minimum Gasteiger partial charge on any atom is -0.444 e. The summed E-state index contributed by atoms with van der Waals surface area (Å²) in [7, 11) is -3.57. The Morgan fingerprint density at radius 2 is 1.65 bits per heavy atom. The molecular weight excluding hydrogens is 418 g/mol. The van der Waals surface area contributed by atoms with Gasteiger partial charge in [0.05, 0.1) is 4.90 Å². The van der Waals surface area contributed by atoms with Crippen LogP contribution in [0.2, 0.25) is 0 Å². The lowest BCUT2D eigenvalue weighted by Crippen LogP contribution is -2.50. The van der Waals surface area contributed by atoms with Crippen molar-refractivity contribution < 1.29 is 22.7 Å². The molecule has 0 aliphatic carbocycles. The van der Waals surface area contributed by atoms with Crippen molar-refractivity contribution in [2.24, 2.45) is 0 Å². The van der Waals surface area contributed by atoms with Gasteiger partial charge in [-0.2, -0.15) is 4.31 Å². The Bertz CT molecular complexity index is 852. The van der Waals surface area contributed by atoms with E-state index in [4.69, 9.17) is 4.74 Å². The van der Waals surface area contributed by atoms with Gasteiger partial charge in [-0.1, -0.05) is 26.0 Å². The Balaban J connectivity index is 1.78. The molecule has 1 saturated heterocycles. The maximum absolute atomic E-state index is 12.9. The largest absolute Gasteiger partial charge is 0.444 e. The number of ether oxygens (including phenoxy) is 1. The van der Waals surface area contributed by atoms with E-state index in [1.54, 1.807) is 37.8 Å². The van der Waals surface area contributed by atoms with Crippen LogP contribution in [0.5, 0.6) is 0 Å². The van der Waals surface area contributed by atoms with Crippen LogP contribution >= 0.6 is 0 Å². The molecular formula is C22H35N3O5S. The van der Waals surface area contributed by atoms with Crippen LogP contribution in [0.4, 0.5) is 4.79 Å². The number of nitrogens with one attached hydrogen (secondary N) is 1. The number of amides is 2. The van der Waals surface area contributed by atoms with Gasteiger partial charge in [0.1, 0.15) is 5.60 Å². The van der Waals surface area contributed by atoms with E-state index in [1.165, 1.54) is 4.31 Å². The van der Waals surface area contributed by atoms with Crippen LogP contribution in [-0.2, 0) is 19.6 Å². The zero-order valence-corrected chi connectivity index (χ0v) is 20.0. The second-order valence-electron chi connectivity index (χ2n) is 9.04. The van der Waals surface area contributed by atoms with Crippen molar-refractivity contribution in [1.82, 2.24) is 14.5 Å². The van der Waals surface area contributed by atoms with Gasteiger partial charge in [0.25, 0.3) is 0 Å². The van der Waals surface area contributed by atoms with Crippen molar-refractivity contribution in [3.8, 4) is 0 Å². The molecule has 0 bridgehead atoms. The highest BCUT2D eigenvalue weighted by Gasteiger charge is 2.30. The van der Waals surface area contributed by atoms with Crippen LogP contribution in [0.15, 0.2) is 29.2 Å². The number of alkyl carbamates (subject to hydrolysis) is 1. The van der Waals surface area contributed by atoms with Gasteiger partial charge in [-0.15, -0.1) is 0 Å². The Morgan fingerprint density at radius 3 is 2.16 bits per heavy atom. The van der Waals surface area contributed by atoms with E-state index in [1.807, 2.05) is 12.1 Å². The van der Waals surface area contributed by atoms with E-state index in [-0.39, 0.29) is 23.9 Å². The first kappa shape index (κ1) is 25.1. The van der Waals surface area contributed by atoms with E-state index in [0.717, 1.165) is 5.56 Å². The summed E-state index contributed by atoms with van der Waals surface area (Å²) in [4.78, 5) is 26.0. The van der Waals surface area contributed by atoms with Gasteiger partial charge in [0, 0.05) is 39.1 Å². The smallest absolute Gasteiger partial charge is 0.407 e. The van der Waals surface area contributed by atoms with Crippen LogP contribution in [-0.4, -0.2) is 67.9 Å². The average molecular weight is 454 g/mol. The summed E-state index contributed by atoms with van der Waals surface area (Å²) in [6, 6.07) is 7.00. The first-order valence-corrected chi connectivity index (χ1v) is 12.2. The topological polar surface area (TPSA) is 96.0 Å². The number of nitrogens with zero attached hydrogens (tertiary/aromatic N) is 2. The maximum Gasteiger partial charge on any atom is 0.407 e. The quantitative estimate of drug-likeness (QED) is 0.641. The number of piperazine rings is 1. The molecule has 1 aliphatic heterocycles. The molecule has 2 rings (SSSR count). The van der Waals surface area contributed by atoms with Crippen LogP contribution in [0.1, 0.15) is 58.9 Å². The Labute approximate surface area is 186 Å². The van der Waals surface area contributed by atoms with Gasteiger partial charge >= 0.3 is 6.09 Å². The lowest BCUT2D eigenvalue weighted by Gasteiger charge is -2.34. The Kier molecular flexibility index (Phi) is 8.48. The molecule has 0 spiro atoms. The maximum atomic E-state index is 12.9. The molecule has 1 N–H and O–H groups in total. The summed E-state index contributed by atoms with van der Waals surface area (Å²) in [6.45, 7) is 11.1. The Morgan fingerprint density at radius 1 is 1.06 bits per heavy atom. The number of benzene rings is 1. The predicted octanol–water partition coefficient (Wildman–Crippen LogP) is 2.95. The van der Waals surface area contributed by atoms with Crippen molar-refractivity contribution >= 4 is 22.0 Å². The summed E-state index contributed by atoms with van der Waals surface area (Å²) in [6.07, 6.45) is 0.290. The standard InChI is InChI=1S/C22H35N3O5S/c1-17(2)18-8-10-19(11-9-18)31(28,29)25-15-13-24(14-16-25)20(26)7-6-12-23-21(27)30-22(3,4)5/h8-11,17H,6-7,12-16H2,1-5H3,(H,23,27). The third-order valence-electron chi connectivity index (χ3n) is 5.01. The molecule has 1 aromatic rings. The van der Waals surface area contributed by atoms with E-state index in [9.17, 15) is 18.0 Å². The monoisotopic (exact) mass is 453 g/mol. The lowest BCUT2D eigenvalue weighted by molar-refractivity contribution is -0.132. The highest BCUT2D eigenvalue weighted by molar-refractivity contribution is 7.89. The van der Waals surface area contributed by atoms with Crippen LogP contribution in [0.3, 0.4) is 0 Å². The molecule has 8 nitrogen and oxygen atoms in total. The molecule has 0 radical (unpaired) electrons. The number of sulfonamides is 1. The number of hydrogen-bond acceptors (Lipinski definition) is 5. The van der Waals surface area contributed by atoms with Gasteiger partial charge in [-0.3, -0.25) is 4.79 Å². The zero-order chi connectivity index (χ0) is 23.2. The van der Waals surface area contributed by atoms with Crippen LogP contribution < -0.4 is 5.32 Å². The van der Waals surface area contributed by atoms with Gasteiger partial charge in [0.15, 0.2) is 0 Å². The number of carbonyl (C=O) groups excluding carboxylic acids is 2. The molecule has 0 unspecified atom stereocenters. The molecule has 0 atom stereocenters. The SMILES string of the molecule is CC(C)c1ccc(S(=O)(=O)N2CCN(C(=O)CCCNC(=O)OC(C)(C)C)CC2)cc1.